The second-order valence-electron chi connectivity index (χ2n) is 7.06. The molecule has 148 valence electrons. The Balaban J connectivity index is 1.40. The molecule has 1 aliphatic rings. The summed E-state index contributed by atoms with van der Waals surface area (Å²) in [4.78, 5) is 12.7. The molecular weight excluding hydrogens is 366 g/mol. The second kappa shape index (κ2) is 8.69. The smallest absolute Gasteiger partial charge is 0.221 e. The molecule has 0 radical (unpaired) electrons. The van der Waals surface area contributed by atoms with E-state index in [1.54, 1.807) is 12.1 Å². The van der Waals surface area contributed by atoms with Gasteiger partial charge in [-0.3, -0.25) is 4.79 Å². The summed E-state index contributed by atoms with van der Waals surface area (Å²) in [6, 6.07) is 24.4. The molecule has 0 aromatic heterocycles. The Morgan fingerprint density at radius 2 is 1.59 bits per heavy atom. The minimum absolute atomic E-state index is 0.0608. The van der Waals surface area contributed by atoms with Crippen LogP contribution in [0.15, 0.2) is 78.9 Å². The van der Waals surface area contributed by atoms with Gasteiger partial charge in [-0.25, -0.2) is 0 Å². The van der Waals surface area contributed by atoms with E-state index in [0.717, 1.165) is 16.9 Å². The van der Waals surface area contributed by atoms with Crippen LogP contribution in [0.25, 0.3) is 0 Å². The minimum Gasteiger partial charge on any atom is -0.508 e. The summed E-state index contributed by atoms with van der Waals surface area (Å²) in [5.74, 6) is 1.48. The van der Waals surface area contributed by atoms with Crippen molar-refractivity contribution in [3.63, 3.8) is 0 Å². The van der Waals surface area contributed by atoms with E-state index in [2.05, 4.69) is 5.32 Å². The number of nitrogens with one attached hydrogen (secondary N) is 1. The third kappa shape index (κ3) is 4.69. The molecule has 0 aliphatic carbocycles. The zero-order valence-electron chi connectivity index (χ0n) is 16.0. The topological polar surface area (TPSA) is 67.8 Å². The highest BCUT2D eigenvalue weighted by atomic mass is 16.6. The van der Waals surface area contributed by atoms with E-state index in [9.17, 15) is 9.90 Å². The van der Waals surface area contributed by atoms with Crippen molar-refractivity contribution in [2.75, 3.05) is 13.2 Å². The Morgan fingerprint density at radius 1 is 0.931 bits per heavy atom. The minimum atomic E-state index is -0.224. The van der Waals surface area contributed by atoms with Crippen LogP contribution in [0, 0.1) is 0 Å². The maximum atomic E-state index is 12.7. The largest absolute Gasteiger partial charge is 0.508 e. The lowest BCUT2D eigenvalue weighted by Gasteiger charge is -2.27. The zero-order chi connectivity index (χ0) is 20.1. The molecule has 2 N–H and O–H groups in total. The van der Waals surface area contributed by atoms with Crippen molar-refractivity contribution in [1.29, 1.82) is 0 Å². The van der Waals surface area contributed by atoms with Crippen LogP contribution in [0.3, 0.4) is 0 Å². The van der Waals surface area contributed by atoms with Crippen LogP contribution in [0.5, 0.6) is 17.2 Å². The molecule has 5 heteroatoms. The molecular formula is C24H23NO4. The fourth-order valence-corrected chi connectivity index (χ4v) is 3.47. The fourth-order valence-electron chi connectivity index (χ4n) is 3.47. The Morgan fingerprint density at radius 3 is 2.34 bits per heavy atom. The normalized spacial score (nSPS) is 16.1. The first-order valence-corrected chi connectivity index (χ1v) is 9.68. The van der Waals surface area contributed by atoms with E-state index < -0.39 is 0 Å². The van der Waals surface area contributed by atoms with E-state index in [1.165, 1.54) is 0 Å². The molecule has 0 saturated heterocycles. The molecule has 0 spiro atoms. The number of aromatic hydroxyl groups is 1. The molecule has 3 aromatic rings. The summed E-state index contributed by atoms with van der Waals surface area (Å²) >= 11 is 0. The Bertz CT molecular complexity index is 956. The Hall–Kier alpha value is -3.47. The van der Waals surface area contributed by atoms with Crippen LogP contribution in [0.2, 0.25) is 0 Å². The Labute approximate surface area is 169 Å². The number of hydrogen-bond donors (Lipinski definition) is 2. The summed E-state index contributed by atoms with van der Waals surface area (Å²) in [6.45, 7) is 0.779. The molecule has 1 aliphatic heterocycles. The molecule has 0 fully saturated rings. The lowest BCUT2D eigenvalue weighted by Crippen LogP contribution is -2.41. The molecule has 2 atom stereocenters. The molecule has 4 rings (SSSR count). The van der Waals surface area contributed by atoms with Crippen LogP contribution >= 0.6 is 0 Å². The van der Waals surface area contributed by atoms with E-state index in [0.29, 0.717) is 25.3 Å². The number of carbonyl (C=O) groups is 1. The van der Waals surface area contributed by atoms with Gasteiger partial charge in [0.15, 0.2) is 11.5 Å². The van der Waals surface area contributed by atoms with Crippen LogP contribution in [-0.2, 0) is 4.79 Å². The van der Waals surface area contributed by atoms with Gasteiger partial charge in [0.05, 0.1) is 6.54 Å². The molecule has 1 amide bonds. The summed E-state index contributed by atoms with van der Waals surface area (Å²) in [5.41, 5.74) is 2.04. The predicted molar refractivity (Wildman–Crippen MR) is 110 cm³/mol. The van der Waals surface area contributed by atoms with Crippen molar-refractivity contribution in [2.45, 2.75) is 18.4 Å². The first-order valence-electron chi connectivity index (χ1n) is 9.68. The quantitative estimate of drug-likeness (QED) is 0.672. The zero-order valence-corrected chi connectivity index (χ0v) is 16.0. The first-order chi connectivity index (χ1) is 14.2. The van der Waals surface area contributed by atoms with Gasteiger partial charge >= 0.3 is 0 Å². The van der Waals surface area contributed by atoms with Gasteiger partial charge < -0.3 is 19.9 Å². The number of hydrogen-bond acceptors (Lipinski definition) is 4. The number of carbonyl (C=O) groups excluding carboxylic acids is 1. The predicted octanol–water partition coefficient (Wildman–Crippen LogP) is 3.87. The van der Waals surface area contributed by atoms with Crippen LogP contribution in [-0.4, -0.2) is 30.3 Å². The van der Waals surface area contributed by atoms with Crippen LogP contribution in [0.4, 0.5) is 0 Å². The highest BCUT2D eigenvalue weighted by Crippen LogP contribution is 2.31. The Kier molecular flexibility index (Phi) is 5.66. The van der Waals surface area contributed by atoms with Gasteiger partial charge in [-0.05, 0) is 35.4 Å². The van der Waals surface area contributed by atoms with Crippen molar-refractivity contribution in [1.82, 2.24) is 5.32 Å². The van der Waals surface area contributed by atoms with Crippen molar-refractivity contribution >= 4 is 5.91 Å². The van der Waals surface area contributed by atoms with E-state index in [1.807, 2.05) is 66.7 Å². The van der Waals surface area contributed by atoms with Gasteiger partial charge in [-0.1, -0.05) is 54.6 Å². The number of amides is 1. The lowest BCUT2D eigenvalue weighted by molar-refractivity contribution is -0.121. The SMILES string of the molecule is O=C(CC(c1ccccc1)c1ccc(O)cc1)NCC1COc2ccccc2O1. The van der Waals surface area contributed by atoms with Crippen molar-refractivity contribution < 1.29 is 19.4 Å². The third-order valence-electron chi connectivity index (χ3n) is 4.98. The van der Waals surface area contributed by atoms with E-state index in [-0.39, 0.29) is 23.7 Å². The van der Waals surface area contributed by atoms with Crippen LogP contribution < -0.4 is 14.8 Å². The third-order valence-corrected chi connectivity index (χ3v) is 4.98. The summed E-state index contributed by atoms with van der Waals surface area (Å²) < 4.78 is 11.6. The highest BCUT2D eigenvalue weighted by Gasteiger charge is 2.23. The van der Waals surface area contributed by atoms with Gasteiger partial charge in [0, 0.05) is 12.3 Å². The van der Waals surface area contributed by atoms with Crippen LogP contribution in [0.1, 0.15) is 23.5 Å². The van der Waals surface area contributed by atoms with Gasteiger partial charge in [0.1, 0.15) is 18.5 Å². The molecule has 5 nitrogen and oxygen atoms in total. The monoisotopic (exact) mass is 389 g/mol. The number of para-hydroxylation sites is 2. The van der Waals surface area contributed by atoms with Gasteiger partial charge in [-0.15, -0.1) is 0 Å². The summed E-state index contributed by atoms with van der Waals surface area (Å²) in [7, 11) is 0. The molecule has 1 heterocycles. The van der Waals surface area contributed by atoms with Crippen molar-refractivity contribution in [3.05, 3.63) is 90.0 Å². The maximum absolute atomic E-state index is 12.7. The maximum Gasteiger partial charge on any atom is 0.221 e. The molecule has 2 unspecified atom stereocenters. The van der Waals surface area contributed by atoms with Gasteiger partial charge in [0.2, 0.25) is 5.91 Å². The molecule has 0 bridgehead atoms. The van der Waals surface area contributed by atoms with Crippen molar-refractivity contribution in [3.8, 4) is 17.2 Å². The second-order valence-corrected chi connectivity index (χ2v) is 7.06. The number of ether oxygens (including phenoxy) is 2. The standard InChI is InChI=1S/C24H23NO4/c26-19-12-10-18(11-13-19)21(17-6-2-1-3-7-17)14-24(27)25-15-20-16-28-22-8-4-5-9-23(22)29-20/h1-13,20-21,26H,14-16H2,(H,25,27). The van der Waals surface area contributed by atoms with E-state index in [4.69, 9.17) is 9.47 Å². The first kappa shape index (κ1) is 18.9. The number of phenols is 1. The lowest BCUT2D eigenvalue weighted by atomic mass is 9.88. The number of rotatable bonds is 6. The average Bonchev–Trinajstić information content (AvgIpc) is 2.77. The summed E-state index contributed by atoms with van der Waals surface area (Å²) in [6.07, 6.45) is 0.0802. The number of phenolic OH excluding ortho intramolecular Hbond substituents is 1. The molecule has 29 heavy (non-hydrogen) atoms. The summed E-state index contributed by atoms with van der Waals surface area (Å²) in [5, 5.41) is 12.6. The molecule has 0 saturated carbocycles. The van der Waals surface area contributed by atoms with Gasteiger partial charge in [0.25, 0.3) is 0 Å². The fraction of sp³-hybridized carbons (Fsp3) is 0.208. The van der Waals surface area contributed by atoms with E-state index >= 15 is 0 Å². The number of fused-ring (bicyclic) bond motifs is 1. The van der Waals surface area contributed by atoms with Gasteiger partial charge in [-0.2, -0.15) is 0 Å². The highest BCUT2D eigenvalue weighted by molar-refractivity contribution is 5.77. The van der Waals surface area contributed by atoms with Crippen molar-refractivity contribution in [2.24, 2.45) is 0 Å². The molecule has 3 aromatic carbocycles. The average molecular weight is 389 g/mol. The number of benzene rings is 3.